The summed E-state index contributed by atoms with van der Waals surface area (Å²) in [5, 5.41) is 3.15. The highest BCUT2D eigenvalue weighted by Gasteiger charge is 2.46. The Bertz CT molecular complexity index is 918. The second kappa shape index (κ2) is 6.82. The third kappa shape index (κ3) is 3.02. The first-order chi connectivity index (χ1) is 13.3. The van der Waals surface area contributed by atoms with Crippen LogP contribution in [0.1, 0.15) is 36.6 Å². The zero-order valence-corrected chi connectivity index (χ0v) is 15.3. The van der Waals surface area contributed by atoms with Crippen LogP contribution < -0.4 is 5.32 Å². The highest BCUT2D eigenvalue weighted by Crippen LogP contribution is 2.44. The van der Waals surface area contributed by atoms with Crippen molar-refractivity contribution in [2.75, 3.05) is 6.54 Å². The van der Waals surface area contributed by atoms with E-state index in [2.05, 4.69) is 45.5 Å². The Kier molecular flexibility index (Phi) is 4.17. The van der Waals surface area contributed by atoms with E-state index in [0.717, 1.165) is 30.7 Å². The molecule has 5 nitrogen and oxygen atoms in total. The summed E-state index contributed by atoms with van der Waals surface area (Å²) in [6.45, 7) is 1.58. The molecular weight excluding hydrogens is 336 g/mol. The number of rotatable bonds is 4. The molecule has 0 bridgehead atoms. The van der Waals surface area contributed by atoms with Gasteiger partial charge in [-0.2, -0.15) is 0 Å². The van der Waals surface area contributed by atoms with Crippen LogP contribution in [0.15, 0.2) is 60.9 Å². The lowest BCUT2D eigenvalue weighted by Crippen LogP contribution is -2.37. The van der Waals surface area contributed by atoms with Gasteiger partial charge in [-0.3, -0.25) is 9.69 Å². The van der Waals surface area contributed by atoms with Gasteiger partial charge in [-0.05, 0) is 43.5 Å². The van der Waals surface area contributed by atoms with E-state index < -0.39 is 0 Å². The van der Waals surface area contributed by atoms with Gasteiger partial charge in [-0.15, -0.1) is 0 Å². The summed E-state index contributed by atoms with van der Waals surface area (Å²) in [5.41, 5.74) is 3.14. The average Bonchev–Trinajstić information content (AvgIpc) is 3.41. The molecule has 4 heterocycles. The van der Waals surface area contributed by atoms with Gasteiger partial charge in [0.1, 0.15) is 5.65 Å². The number of pyridine rings is 1. The van der Waals surface area contributed by atoms with Gasteiger partial charge >= 0.3 is 0 Å². The SMILES string of the molecule is O=C(NCc1cn2ccccc2n1)[C@@H]1C[C@H](c2ccccc2)N2CCC[C@@H]12. The average molecular weight is 360 g/mol. The molecule has 2 saturated heterocycles. The molecular formula is C22H24N4O. The Balaban J connectivity index is 1.29. The fraction of sp³-hybridized carbons (Fsp3) is 0.364. The summed E-state index contributed by atoms with van der Waals surface area (Å²) in [4.78, 5) is 20.1. The molecule has 138 valence electrons. The van der Waals surface area contributed by atoms with Gasteiger partial charge in [-0.1, -0.05) is 36.4 Å². The largest absolute Gasteiger partial charge is 0.350 e. The number of hydrogen-bond donors (Lipinski definition) is 1. The molecule has 0 saturated carbocycles. The number of amides is 1. The van der Waals surface area contributed by atoms with E-state index in [1.165, 1.54) is 12.0 Å². The molecule has 5 rings (SSSR count). The summed E-state index contributed by atoms with van der Waals surface area (Å²) in [6, 6.07) is 17.3. The van der Waals surface area contributed by atoms with E-state index in [1.807, 2.05) is 35.0 Å². The van der Waals surface area contributed by atoms with Gasteiger partial charge in [0, 0.05) is 24.5 Å². The Morgan fingerprint density at radius 2 is 2.00 bits per heavy atom. The lowest BCUT2D eigenvalue weighted by Gasteiger charge is -2.24. The second-order valence-electron chi connectivity index (χ2n) is 7.63. The minimum absolute atomic E-state index is 0.0646. The van der Waals surface area contributed by atoms with E-state index in [1.54, 1.807) is 0 Å². The van der Waals surface area contributed by atoms with E-state index in [-0.39, 0.29) is 11.8 Å². The Labute approximate surface area is 159 Å². The van der Waals surface area contributed by atoms with Gasteiger partial charge < -0.3 is 9.72 Å². The van der Waals surface area contributed by atoms with E-state index >= 15 is 0 Å². The van der Waals surface area contributed by atoms with Crippen LogP contribution in [0.25, 0.3) is 5.65 Å². The zero-order chi connectivity index (χ0) is 18.2. The second-order valence-corrected chi connectivity index (χ2v) is 7.63. The van der Waals surface area contributed by atoms with Gasteiger partial charge in [-0.25, -0.2) is 4.98 Å². The quantitative estimate of drug-likeness (QED) is 0.777. The van der Waals surface area contributed by atoms with Crippen molar-refractivity contribution in [3.05, 3.63) is 72.2 Å². The first kappa shape index (κ1) is 16.5. The Morgan fingerprint density at radius 1 is 1.15 bits per heavy atom. The maximum Gasteiger partial charge on any atom is 0.225 e. The summed E-state index contributed by atoms with van der Waals surface area (Å²) >= 11 is 0. The van der Waals surface area contributed by atoms with Gasteiger partial charge in [0.15, 0.2) is 0 Å². The molecule has 0 aliphatic carbocycles. The Hall–Kier alpha value is -2.66. The lowest BCUT2D eigenvalue weighted by molar-refractivity contribution is -0.125. The molecule has 2 fully saturated rings. The number of aromatic nitrogens is 2. The van der Waals surface area contributed by atoms with Crippen LogP contribution in [0.4, 0.5) is 0 Å². The molecule has 1 amide bonds. The third-order valence-electron chi connectivity index (χ3n) is 6.06. The van der Waals surface area contributed by atoms with Crippen LogP contribution in [0.5, 0.6) is 0 Å². The van der Waals surface area contributed by atoms with Crippen LogP contribution in [0, 0.1) is 5.92 Å². The van der Waals surface area contributed by atoms with Crippen molar-refractivity contribution in [1.29, 1.82) is 0 Å². The van der Waals surface area contributed by atoms with Gasteiger partial charge in [0.05, 0.1) is 18.2 Å². The van der Waals surface area contributed by atoms with Crippen molar-refractivity contribution in [2.24, 2.45) is 5.92 Å². The predicted molar refractivity (Wildman–Crippen MR) is 104 cm³/mol. The van der Waals surface area contributed by atoms with E-state index in [9.17, 15) is 4.79 Å². The predicted octanol–water partition coefficient (Wildman–Crippen LogP) is 3.18. The van der Waals surface area contributed by atoms with Crippen molar-refractivity contribution >= 4 is 11.6 Å². The highest BCUT2D eigenvalue weighted by molar-refractivity contribution is 5.80. The van der Waals surface area contributed by atoms with Crippen LogP contribution in [0.2, 0.25) is 0 Å². The van der Waals surface area contributed by atoms with Crippen molar-refractivity contribution in [3.8, 4) is 0 Å². The van der Waals surface area contributed by atoms with Crippen LogP contribution >= 0.6 is 0 Å². The fourth-order valence-corrected chi connectivity index (χ4v) is 4.83. The number of hydrogen-bond acceptors (Lipinski definition) is 3. The number of fused-ring (bicyclic) bond motifs is 2. The van der Waals surface area contributed by atoms with Crippen molar-refractivity contribution in [1.82, 2.24) is 19.6 Å². The number of imidazole rings is 1. The normalized spacial score (nSPS) is 25.0. The van der Waals surface area contributed by atoms with Crippen LogP contribution in [0.3, 0.4) is 0 Å². The molecule has 2 aliphatic rings. The first-order valence-electron chi connectivity index (χ1n) is 9.80. The number of nitrogens with zero attached hydrogens (tertiary/aromatic N) is 3. The topological polar surface area (TPSA) is 49.6 Å². The lowest BCUT2D eigenvalue weighted by atomic mass is 9.93. The molecule has 3 aromatic rings. The number of nitrogens with one attached hydrogen (secondary N) is 1. The summed E-state index contributed by atoms with van der Waals surface area (Å²) in [6.07, 6.45) is 7.18. The molecule has 0 spiro atoms. The maximum atomic E-state index is 13.0. The van der Waals surface area contributed by atoms with E-state index in [0.29, 0.717) is 18.6 Å². The highest BCUT2D eigenvalue weighted by atomic mass is 16.2. The number of benzene rings is 1. The molecule has 2 aromatic heterocycles. The minimum atomic E-state index is 0.0646. The summed E-state index contributed by atoms with van der Waals surface area (Å²) in [5.74, 6) is 0.233. The fourth-order valence-electron chi connectivity index (χ4n) is 4.83. The maximum absolute atomic E-state index is 13.0. The standard InChI is InChI=1S/C22H24N4O/c27-22(23-14-17-15-25-11-5-4-10-21(25)24-17)18-13-20(16-7-2-1-3-8-16)26-12-6-9-19(18)26/h1-5,7-8,10-11,15,18-20H,6,9,12-14H2,(H,23,27)/t18-,19+,20-/m1/s1. The first-order valence-corrected chi connectivity index (χ1v) is 9.80. The molecule has 0 radical (unpaired) electrons. The Morgan fingerprint density at radius 3 is 2.85 bits per heavy atom. The van der Waals surface area contributed by atoms with Crippen molar-refractivity contribution in [2.45, 2.75) is 37.9 Å². The number of carbonyl (C=O) groups is 1. The molecule has 3 atom stereocenters. The van der Waals surface area contributed by atoms with Gasteiger partial charge in [0.2, 0.25) is 5.91 Å². The summed E-state index contributed by atoms with van der Waals surface area (Å²) in [7, 11) is 0. The molecule has 27 heavy (non-hydrogen) atoms. The summed E-state index contributed by atoms with van der Waals surface area (Å²) < 4.78 is 1.99. The van der Waals surface area contributed by atoms with Crippen molar-refractivity contribution in [3.63, 3.8) is 0 Å². The molecule has 1 aromatic carbocycles. The molecule has 1 N–H and O–H groups in total. The molecule has 0 unspecified atom stereocenters. The molecule has 5 heteroatoms. The molecule has 2 aliphatic heterocycles. The van der Waals surface area contributed by atoms with E-state index in [4.69, 9.17) is 0 Å². The van der Waals surface area contributed by atoms with Gasteiger partial charge in [0.25, 0.3) is 0 Å². The monoisotopic (exact) mass is 360 g/mol. The van der Waals surface area contributed by atoms with Crippen LogP contribution in [-0.4, -0.2) is 32.8 Å². The third-order valence-corrected chi connectivity index (χ3v) is 6.06. The number of carbonyl (C=O) groups excluding carboxylic acids is 1. The minimum Gasteiger partial charge on any atom is -0.350 e. The van der Waals surface area contributed by atoms with Crippen LogP contribution in [-0.2, 0) is 11.3 Å². The zero-order valence-electron chi connectivity index (χ0n) is 15.3. The van der Waals surface area contributed by atoms with Crippen molar-refractivity contribution < 1.29 is 4.79 Å². The smallest absolute Gasteiger partial charge is 0.225 e.